The molecule has 0 saturated heterocycles. The van der Waals surface area contributed by atoms with E-state index >= 15 is 0 Å². The van der Waals surface area contributed by atoms with Crippen LogP contribution >= 0.6 is 0 Å². The molecule has 1 aromatic heterocycles. The molecule has 24 heavy (non-hydrogen) atoms. The number of nitrogens with zero attached hydrogens (tertiary/aromatic N) is 3. The molecule has 0 atom stereocenters. The van der Waals surface area contributed by atoms with Crippen molar-refractivity contribution >= 4 is 22.4 Å². The van der Waals surface area contributed by atoms with Crippen LogP contribution in [0.3, 0.4) is 0 Å². The Morgan fingerprint density at radius 3 is 2.83 bits per heavy atom. The molecule has 0 unspecified atom stereocenters. The summed E-state index contributed by atoms with van der Waals surface area (Å²) in [5.74, 6) is -0.0640. The summed E-state index contributed by atoms with van der Waals surface area (Å²) in [5.41, 5.74) is 3.61. The third kappa shape index (κ3) is 2.37. The molecule has 122 valence electrons. The highest BCUT2D eigenvalue weighted by atomic mass is 16.2. The van der Waals surface area contributed by atoms with Crippen LogP contribution in [0.15, 0.2) is 42.5 Å². The van der Waals surface area contributed by atoms with Crippen LogP contribution in [0.2, 0.25) is 0 Å². The number of amides is 1. The molecule has 1 amide bonds. The number of carbonyl (C=O) groups excluding carboxylic acids is 1. The molecule has 0 spiro atoms. The molecule has 5 heteroatoms. The molecule has 1 N–H and O–H groups in total. The standard InChI is InChI=1S/C19H20N4O/c1-22(15-8-7-13-5-3-4-6-14(13)11-15)19(24)18-16-12-20-10-9-17(16)23(2)21-18/h3-8,11,20H,9-10,12H2,1-2H3. The number of fused-ring (bicyclic) bond motifs is 2. The first-order valence-electron chi connectivity index (χ1n) is 8.17. The van der Waals surface area contributed by atoms with Gasteiger partial charge in [0.25, 0.3) is 5.91 Å². The maximum atomic E-state index is 13.0. The van der Waals surface area contributed by atoms with Crippen LogP contribution in [0.1, 0.15) is 21.7 Å². The van der Waals surface area contributed by atoms with E-state index in [-0.39, 0.29) is 5.91 Å². The van der Waals surface area contributed by atoms with Gasteiger partial charge in [0.1, 0.15) is 0 Å². The van der Waals surface area contributed by atoms with E-state index in [9.17, 15) is 4.79 Å². The number of hydrogen-bond acceptors (Lipinski definition) is 3. The number of anilines is 1. The molecular formula is C19H20N4O. The SMILES string of the molecule is CN(C(=O)c1nn(C)c2c1CNCC2)c1ccc2ccccc2c1. The van der Waals surface area contributed by atoms with Crippen LogP contribution in [0.4, 0.5) is 5.69 Å². The van der Waals surface area contributed by atoms with E-state index in [1.54, 1.807) is 4.90 Å². The largest absolute Gasteiger partial charge is 0.312 e. The minimum Gasteiger partial charge on any atom is -0.312 e. The lowest BCUT2D eigenvalue weighted by molar-refractivity contribution is 0.0986. The molecule has 1 aliphatic rings. The lowest BCUT2D eigenvalue weighted by Gasteiger charge is -2.19. The zero-order valence-corrected chi connectivity index (χ0v) is 13.9. The van der Waals surface area contributed by atoms with Gasteiger partial charge in [-0.15, -0.1) is 0 Å². The van der Waals surface area contributed by atoms with Crippen LogP contribution < -0.4 is 10.2 Å². The van der Waals surface area contributed by atoms with E-state index in [1.165, 1.54) is 5.39 Å². The molecule has 2 heterocycles. The van der Waals surface area contributed by atoms with Crippen molar-refractivity contribution in [1.82, 2.24) is 15.1 Å². The fourth-order valence-corrected chi connectivity index (χ4v) is 3.35. The topological polar surface area (TPSA) is 50.2 Å². The predicted molar refractivity (Wildman–Crippen MR) is 95.3 cm³/mol. The molecule has 0 saturated carbocycles. The number of benzene rings is 2. The molecule has 0 aliphatic carbocycles. The Balaban J connectivity index is 1.71. The lowest BCUT2D eigenvalue weighted by Crippen LogP contribution is -2.30. The van der Waals surface area contributed by atoms with Gasteiger partial charge in [-0.2, -0.15) is 5.10 Å². The molecular weight excluding hydrogens is 300 g/mol. The van der Waals surface area contributed by atoms with Gasteiger partial charge in [-0.1, -0.05) is 30.3 Å². The van der Waals surface area contributed by atoms with Crippen molar-refractivity contribution in [3.63, 3.8) is 0 Å². The van der Waals surface area contributed by atoms with E-state index in [1.807, 2.05) is 49.1 Å². The Labute approximate surface area is 140 Å². The lowest BCUT2D eigenvalue weighted by atomic mass is 10.1. The van der Waals surface area contributed by atoms with Gasteiger partial charge in [-0.25, -0.2) is 0 Å². The summed E-state index contributed by atoms with van der Waals surface area (Å²) >= 11 is 0. The van der Waals surface area contributed by atoms with Gasteiger partial charge in [0.15, 0.2) is 5.69 Å². The first kappa shape index (κ1) is 14.9. The minimum absolute atomic E-state index is 0.0640. The number of nitrogens with one attached hydrogen (secondary N) is 1. The van der Waals surface area contributed by atoms with Gasteiger partial charge >= 0.3 is 0 Å². The van der Waals surface area contributed by atoms with Crippen molar-refractivity contribution in [1.29, 1.82) is 0 Å². The second-order valence-corrected chi connectivity index (χ2v) is 6.22. The predicted octanol–water partition coefficient (Wildman–Crippen LogP) is 2.50. The summed E-state index contributed by atoms with van der Waals surface area (Å²) in [6.07, 6.45) is 0.909. The normalized spacial score (nSPS) is 13.8. The van der Waals surface area contributed by atoms with Crippen LogP contribution in [0, 0.1) is 0 Å². The highest BCUT2D eigenvalue weighted by molar-refractivity contribution is 6.06. The Hall–Kier alpha value is -2.66. The summed E-state index contributed by atoms with van der Waals surface area (Å²) in [5, 5.41) is 10.1. The quantitative estimate of drug-likeness (QED) is 0.789. The average Bonchev–Trinajstić information content (AvgIpc) is 2.97. The summed E-state index contributed by atoms with van der Waals surface area (Å²) in [6.45, 7) is 1.64. The third-order valence-corrected chi connectivity index (χ3v) is 4.74. The van der Waals surface area contributed by atoms with Crippen LogP contribution in [-0.2, 0) is 20.0 Å². The van der Waals surface area contributed by atoms with E-state index in [4.69, 9.17) is 0 Å². The molecule has 2 aromatic carbocycles. The average molecular weight is 320 g/mol. The van der Waals surface area contributed by atoms with E-state index < -0.39 is 0 Å². The molecule has 1 aliphatic heterocycles. The maximum absolute atomic E-state index is 13.0. The summed E-state index contributed by atoms with van der Waals surface area (Å²) < 4.78 is 1.84. The zero-order valence-electron chi connectivity index (χ0n) is 13.9. The van der Waals surface area contributed by atoms with Crippen LogP contribution in [0.25, 0.3) is 10.8 Å². The number of hydrogen-bond donors (Lipinski definition) is 1. The fourth-order valence-electron chi connectivity index (χ4n) is 3.35. The van der Waals surface area contributed by atoms with Gasteiger partial charge < -0.3 is 10.2 Å². The van der Waals surface area contributed by atoms with Crippen molar-refractivity contribution in [2.24, 2.45) is 7.05 Å². The number of aromatic nitrogens is 2. The van der Waals surface area contributed by atoms with Gasteiger partial charge in [0.2, 0.25) is 0 Å². The molecule has 4 rings (SSSR count). The third-order valence-electron chi connectivity index (χ3n) is 4.74. The van der Waals surface area contributed by atoms with Crippen molar-refractivity contribution in [2.45, 2.75) is 13.0 Å². The molecule has 0 bridgehead atoms. The molecule has 5 nitrogen and oxygen atoms in total. The smallest absolute Gasteiger partial charge is 0.278 e. The van der Waals surface area contributed by atoms with Gasteiger partial charge in [0.05, 0.1) is 0 Å². The second kappa shape index (κ2) is 5.76. The maximum Gasteiger partial charge on any atom is 0.278 e. The first-order chi connectivity index (χ1) is 11.6. The Bertz CT molecular complexity index is 928. The van der Waals surface area contributed by atoms with Crippen molar-refractivity contribution in [2.75, 3.05) is 18.5 Å². The van der Waals surface area contributed by atoms with Crippen molar-refractivity contribution < 1.29 is 4.79 Å². The first-order valence-corrected chi connectivity index (χ1v) is 8.17. The zero-order chi connectivity index (χ0) is 16.7. The number of carbonyl (C=O) groups is 1. The van der Waals surface area contributed by atoms with Crippen molar-refractivity contribution in [3.05, 3.63) is 59.4 Å². The summed E-state index contributed by atoms with van der Waals surface area (Å²) in [6, 6.07) is 14.2. The highest BCUT2D eigenvalue weighted by Gasteiger charge is 2.26. The minimum atomic E-state index is -0.0640. The Kier molecular flexibility index (Phi) is 3.58. The van der Waals surface area contributed by atoms with E-state index in [0.29, 0.717) is 12.2 Å². The Morgan fingerprint density at radius 2 is 2.00 bits per heavy atom. The van der Waals surface area contributed by atoms with Gasteiger partial charge in [-0.3, -0.25) is 9.48 Å². The van der Waals surface area contributed by atoms with E-state index in [2.05, 4.69) is 22.5 Å². The monoisotopic (exact) mass is 320 g/mol. The molecule has 3 aromatic rings. The molecule has 0 fully saturated rings. The summed E-state index contributed by atoms with van der Waals surface area (Å²) in [7, 11) is 3.72. The number of rotatable bonds is 2. The fraction of sp³-hybridized carbons (Fsp3) is 0.263. The van der Waals surface area contributed by atoms with E-state index in [0.717, 1.165) is 35.3 Å². The van der Waals surface area contributed by atoms with Crippen LogP contribution in [0.5, 0.6) is 0 Å². The van der Waals surface area contributed by atoms with Gasteiger partial charge in [0, 0.05) is 50.6 Å². The van der Waals surface area contributed by atoms with Gasteiger partial charge in [-0.05, 0) is 22.9 Å². The molecule has 0 radical (unpaired) electrons. The Morgan fingerprint density at radius 1 is 1.21 bits per heavy atom. The highest BCUT2D eigenvalue weighted by Crippen LogP contribution is 2.24. The van der Waals surface area contributed by atoms with Crippen LogP contribution in [-0.4, -0.2) is 29.3 Å². The second-order valence-electron chi connectivity index (χ2n) is 6.22. The summed E-state index contributed by atoms with van der Waals surface area (Å²) in [4.78, 5) is 14.7. The van der Waals surface area contributed by atoms with Crippen molar-refractivity contribution in [3.8, 4) is 0 Å². The number of aryl methyl sites for hydroxylation is 1.